The first kappa shape index (κ1) is 11.7. The lowest BCUT2D eigenvalue weighted by Crippen LogP contribution is -2.24. The van der Waals surface area contributed by atoms with Gasteiger partial charge in [0.25, 0.3) is 0 Å². The minimum atomic E-state index is -0.560. The lowest BCUT2D eigenvalue weighted by atomic mass is 10.0. The highest BCUT2D eigenvalue weighted by Gasteiger charge is 2.15. The number of methoxy groups -OCH3 is 1. The molecule has 0 saturated heterocycles. The summed E-state index contributed by atoms with van der Waals surface area (Å²) in [6.07, 6.45) is -0.560. The topological polar surface area (TPSA) is 55.5 Å². The molecule has 4 heteroatoms. The van der Waals surface area contributed by atoms with Crippen LogP contribution in [0.1, 0.15) is 18.5 Å². The molecule has 14 heavy (non-hydrogen) atoms. The maximum Gasteiger partial charge on any atom is 0.119 e. The Labute approximate surface area is 97.4 Å². The van der Waals surface area contributed by atoms with Crippen molar-refractivity contribution in [1.82, 2.24) is 0 Å². The van der Waals surface area contributed by atoms with Gasteiger partial charge in [0, 0.05) is 3.57 Å². The molecule has 0 aliphatic carbocycles. The van der Waals surface area contributed by atoms with Crippen molar-refractivity contribution in [1.29, 1.82) is 0 Å². The molecule has 0 saturated carbocycles. The van der Waals surface area contributed by atoms with E-state index in [1.54, 1.807) is 14.0 Å². The van der Waals surface area contributed by atoms with Crippen LogP contribution in [0.2, 0.25) is 0 Å². The Morgan fingerprint density at radius 3 is 2.64 bits per heavy atom. The monoisotopic (exact) mass is 307 g/mol. The smallest absolute Gasteiger partial charge is 0.119 e. The van der Waals surface area contributed by atoms with Crippen LogP contribution in [0.4, 0.5) is 0 Å². The number of aliphatic hydroxyl groups excluding tert-OH is 1. The minimum absolute atomic E-state index is 0.364. The van der Waals surface area contributed by atoms with E-state index in [4.69, 9.17) is 10.5 Å². The summed E-state index contributed by atoms with van der Waals surface area (Å²) in [5.74, 6) is 0.761. The van der Waals surface area contributed by atoms with Gasteiger partial charge in [-0.2, -0.15) is 0 Å². The van der Waals surface area contributed by atoms with Crippen molar-refractivity contribution in [3.8, 4) is 5.75 Å². The van der Waals surface area contributed by atoms with Gasteiger partial charge in [0.05, 0.1) is 19.3 Å². The van der Waals surface area contributed by atoms with Gasteiger partial charge >= 0.3 is 0 Å². The first-order valence-electron chi connectivity index (χ1n) is 4.33. The predicted molar refractivity (Wildman–Crippen MR) is 64.3 cm³/mol. The van der Waals surface area contributed by atoms with Gasteiger partial charge in [0.15, 0.2) is 0 Å². The molecule has 2 atom stereocenters. The second kappa shape index (κ2) is 4.95. The van der Waals surface area contributed by atoms with Crippen molar-refractivity contribution in [2.45, 2.75) is 19.1 Å². The summed E-state index contributed by atoms with van der Waals surface area (Å²) < 4.78 is 6.14. The number of aliphatic hydroxyl groups is 1. The van der Waals surface area contributed by atoms with Crippen LogP contribution in [0, 0.1) is 3.57 Å². The molecule has 0 fully saturated rings. The van der Waals surface area contributed by atoms with Crippen LogP contribution in [0.15, 0.2) is 18.2 Å². The van der Waals surface area contributed by atoms with Crippen molar-refractivity contribution in [3.63, 3.8) is 0 Å². The number of benzene rings is 1. The zero-order valence-corrected chi connectivity index (χ0v) is 10.4. The predicted octanol–water partition coefficient (Wildman–Crippen LogP) is 1.68. The Morgan fingerprint density at radius 2 is 2.14 bits per heavy atom. The average Bonchev–Trinajstić information content (AvgIpc) is 2.17. The fourth-order valence-corrected chi connectivity index (χ4v) is 1.86. The van der Waals surface area contributed by atoms with E-state index in [9.17, 15) is 5.11 Å². The van der Waals surface area contributed by atoms with E-state index < -0.39 is 6.10 Å². The number of hydrogen-bond donors (Lipinski definition) is 2. The van der Waals surface area contributed by atoms with Crippen LogP contribution in [0.5, 0.6) is 5.75 Å². The van der Waals surface area contributed by atoms with Crippen molar-refractivity contribution in [2.75, 3.05) is 7.11 Å². The fourth-order valence-electron chi connectivity index (χ4n) is 1.16. The second-order valence-corrected chi connectivity index (χ2v) is 4.32. The van der Waals surface area contributed by atoms with Crippen molar-refractivity contribution in [3.05, 3.63) is 27.3 Å². The lowest BCUT2D eigenvalue weighted by Gasteiger charge is -2.17. The Bertz CT molecular complexity index is 315. The first-order chi connectivity index (χ1) is 6.56. The van der Waals surface area contributed by atoms with E-state index >= 15 is 0 Å². The lowest BCUT2D eigenvalue weighted by molar-refractivity contribution is 0.164. The van der Waals surface area contributed by atoms with Crippen LogP contribution in [-0.2, 0) is 0 Å². The number of nitrogens with two attached hydrogens (primary N) is 1. The molecule has 0 aromatic heterocycles. The van der Waals surface area contributed by atoms with Crippen LogP contribution < -0.4 is 10.5 Å². The third kappa shape index (κ3) is 2.59. The molecule has 78 valence electrons. The molecule has 1 rings (SSSR count). The van der Waals surface area contributed by atoms with E-state index in [0.717, 1.165) is 14.9 Å². The van der Waals surface area contributed by atoms with Gasteiger partial charge in [-0.25, -0.2) is 0 Å². The van der Waals surface area contributed by atoms with Gasteiger partial charge in [0.1, 0.15) is 5.75 Å². The molecule has 0 amide bonds. The van der Waals surface area contributed by atoms with Crippen molar-refractivity contribution in [2.24, 2.45) is 5.73 Å². The fraction of sp³-hybridized carbons (Fsp3) is 0.400. The molecule has 2 unspecified atom stereocenters. The summed E-state index contributed by atoms with van der Waals surface area (Å²) in [6, 6.07) is 5.30. The molecule has 3 nitrogen and oxygen atoms in total. The largest absolute Gasteiger partial charge is 0.497 e. The molecule has 0 bridgehead atoms. The van der Waals surface area contributed by atoms with Crippen LogP contribution in [0.3, 0.4) is 0 Å². The molecular weight excluding hydrogens is 293 g/mol. The summed E-state index contributed by atoms with van der Waals surface area (Å²) in [4.78, 5) is 0. The molecular formula is C10H14INO2. The first-order valence-corrected chi connectivity index (χ1v) is 5.41. The average molecular weight is 307 g/mol. The summed E-state index contributed by atoms with van der Waals surface area (Å²) in [5.41, 5.74) is 6.77. The molecule has 0 heterocycles. The summed E-state index contributed by atoms with van der Waals surface area (Å²) in [6.45, 7) is 1.68. The minimum Gasteiger partial charge on any atom is -0.497 e. The second-order valence-electron chi connectivity index (χ2n) is 3.15. The zero-order chi connectivity index (χ0) is 10.7. The van der Waals surface area contributed by atoms with Gasteiger partial charge in [0.2, 0.25) is 0 Å². The number of ether oxygens (including phenoxy) is 1. The normalized spacial score (nSPS) is 14.9. The van der Waals surface area contributed by atoms with Gasteiger partial charge in [-0.3, -0.25) is 0 Å². The van der Waals surface area contributed by atoms with Gasteiger partial charge in [-0.15, -0.1) is 0 Å². The standard InChI is InChI=1S/C10H14INO2/c1-6(13)10(12)8-5-7(14-2)3-4-9(8)11/h3-6,10,13H,12H2,1-2H3. The summed E-state index contributed by atoms with van der Waals surface area (Å²) >= 11 is 2.20. The highest BCUT2D eigenvalue weighted by Crippen LogP contribution is 2.25. The van der Waals surface area contributed by atoms with Crippen LogP contribution in [0.25, 0.3) is 0 Å². The van der Waals surface area contributed by atoms with E-state index in [-0.39, 0.29) is 6.04 Å². The Balaban J connectivity index is 3.05. The summed E-state index contributed by atoms with van der Waals surface area (Å²) in [7, 11) is 1.61. The zero-order valence-electron chi connectivity index (χ0n) is 8.20. The maximum atomic E-state index is 9.39. The van der Waals surface area contributed by atoms with E-state index in [1.165, 1.54) is 0 Å². The Kier molecular flexibility index (Phi) is 4.15. The number of rotatable bonds is 3. The van der Waals surface area contributed by atoms with Crippen LogP contribution >= 0.6 is 22.6 Å². The third-order valence-corrected chi connectivity index (χ3v) is 3.06. The summed E-state index contributed by atoms with van der Waals surface area (Å²) in [5, 5.41) is 9.39. The Morgan fingerprint density at radius 1 is 1.50 bits per heavy atom. The van der Waals surface area contributed by atoms with Crippen molar-refractivity contribution >= 4 is 22.6 Å². The number of halogens is 1. The maximum absolute atomic E-state index is 9.39. The number of hydrogen-bond acceptors (Lipinski definition) is 3. The highest BCUT2D eigenvalue weighted by molar-refractivity contribution is 14.1. The van der Waals surface area contributed by atoms with Gasteiger partial charge in [-0.1, -0.05) is 0 Å². The van der Waals surface area contributed by atoms with E-state index in [1.807, 2.05) is 18.2 Å². The highest BCUT2D eigenvalue weighted by atomic mass is 127. The molecule has 0 aliphatic heterocycles. The van der Waals surface area contributed by atoms with Crippen molar-refractivity contribution < 1.29 is 9.84 Å². The van der Waals surface area contributed by atoms with E-state index in [2.05, 4.69) is 22.6 Å². The molecule has 3 N–H and O–H groups in total. The SMILES string of the molecule is COc1ccc(I)c(C(N)C(C)O)c1. The molecule has 0 radical (unpaired) electrons. The molecule has 1 aromatic rings. The third-order valence-electron chi connectivity index (χ3n) is 2.08. The van der Waals surface area contributed by atoms with Crippen LogP contribution in [-0.4, -0.2) is 18.3 Å². The van der Waals surface area contributed by atoms with E-state index in [0.29, 0.717) is 0 Å². The van der Waals surface area contributed by atoms with Gasteiger partial charge in [-0.05, 0) is 53.3 Å². The molecule has 0 aliphatic rings. The Hall–Kier alpha value is -0.330. The molecule has 1 aromatic carbocycles. The van der Waals surface area contributed by atoms with Gasteiger partial charge < -0.3 is 15.6 Å². The quantitative estimate of drug-likeness (QED) is 0.836. The molecule has 0 spiro atoms.